The van der Waals surface area contributed by atoms with Crippen LogP contribution in [-0.2, 0) is 13.0 Å². The molecule has 22 heavy (non-hydrogen) atoms. The van der Waals surface area contributed by atoms with Crippen molar-refractivity contribution in [3.63, 3.8) is 0 Å². The van der Waals surface area contributed by atoms with Crippen LogP contribution in [-0.4, -0.2) is 64.6 Å². The van der Waals surface area contributed by atoms with Gasteiger partial charge in [0.25, 0.3) is 0 Å². The monoisotopic (exact) mass is 305 g/mol. The highest BCUT2D eigenvalue weighted by atomic mass is 15.4. The van der Waals surface area contributed by atoms with Crippen LogP contribution in [0.5, 0.6) is 0 Å². The fourth-order valence-electron chi connectivity index (χ4n) is 3.76. The van der Waals surface area contributed by atoms with Gasteiger partial charge < -0.3 is 9.80 Å². The molecule has 1 saturated heterocycles. The Hall–Kier alpha value is -0.940. The third-order valence-electron chi connectivity index (χ3n) is 5.27. The first kappa shape index (κ1) is 15.9. The van der Waals surface area contributed by atoms with Gasteiger partial charge >= 0.3 is 0 Å². The van der Waals surface area contributed by atoms with Crippen molar-refractivity contribution in [1.29, 1.82) is 0 Å². The van der Waals surface area contributed by atoms with Gasteiger partial charge in [-0.1, -0.05) is 37.3 Å². The topological polar surface area (TPSA) is 37.2 Å². The second-order valence-electron chi connectivity index (χ2n) is 7.18. The van der Waals surface area contributed by atoms with Crippen molar-refractivity contribution in [2.75, 3.05) is 39.8 Å². The van der Waals surface area contributed by atoms with Crippen molar-refractivity contribution in [1.82, 2.24) is 24.8 Å². The molecule has 0 aromatic carbocycles. The van der Waals surface area contributed by atoms with Gasteiger partial charge in [-0.2, -0.15) is 0 Å². The quantitative estimate of drug-likeness (QED) is 0.806. The summed E-state index contributed by atoms with van der Waals surface area (Å²) < 4.78 is 2.05. The Balaban J connectivity index is 1.36. The van der Waals surface area contributed by atoms with Crippen molar-refractivity contribution in [3.8, 4) is 0 Å². The van der Waals surface area contributed by atoms with E-state index in [0.717, 1.165) is 18.9 Å². The molecule has 3 rings (SSSR count). The lowest BCUT2D eigenvalue weighted by atomic mass is 9.86. The van der Waals surface area contributed by atoms with Crippen LogP contribution in [0.2, 0.25) is 0 Å². The molecule has 0 atom stereocenters. The van der Waals surface area contributed by atoms with Crippen LogP contribution in [0.1, 0.15) is 44.2 Å². The largest absolute Gasteiger partial charge is 0.304 e. The zero-order chi connectivity index (χ0) is 15.2. The lowest BCUT2D eigenvalue weighted by Crippen LogP contribution is -2.44. The molecule has 0 N–H and O–H groups in total. The number of piperazine rings is 1. The molecule has 1 aliphatic heterocycles. The van der Waals surface area contributed by atoms with Crippen molar-refractivity contribution < 1.29 is 0 Å². The van der Waals surface area contributed by atoms with Gasteiger partial charge in [0.05, 0.1) is 5.69 Å². The molecule has 2 heterocycles. The minimum atomic E-state index is 0.851. The molecule has 1 aromatic rings. The summed E-state index contributed by atoms with van der Waals surface area (Å²) >= 11 is 0. The predicted octanol–water partition coefficient (Wildman–Crippen LogP) is 2.04. The van der Waals surface area contributed by atoms with E-state index in [1.807, 2.05) is 4.68 Å². The molecule has 0 unspecified atom stereocenters. The van der Waals surface area contributed by atoms with Crippen LogP contribution in [0.25, 0.3) is 0 Å². The maximum atomic E-state index is 4.38. The Kier molecular flexibility index (Phi) is 5.84. The lowest BCUT2D eigenvalue weighted by molar-refractivity contribution is 0.151. The van der Waals surface area contributed by atoms with Crippen molar-refractivity contribution >= 4 is 0 Å². The normalized spacial score (nSPS) is 22.2. The van der Waals surface area contributed by atoms with E-state index < -0.39 is 0 Å². The summed E-state index contributed by atoms with van der Waals surface area (Å²) in [5.41, 5.74) is 1.20. The third-order valence-corrected chi connectivity index (χ3v) is 5.27. The average Bonchev–Trinajstić information content (AvgIpc) is 2.98. The van der Waals surface area contributed by atoms with E-state index in [1.165, 1.54) is 76.9 Å². The van der Waals surface area contributed by atoms with Gasteiger partial charge in [-0.25, -0.2) is 0 Å². The summed E-state index contributed by atoms with van der Waals surface area (Å²) in [5, 5.41) is 8.69. The average molecular weight is 305 g/mol. The second-order valence-corrected chi connectivity index (χ2v) is 7.18. The molecule has 1 aromatic heterocycles. The summed E-state index contributed by atoms with van der Waals surface area (Å²) in [4.78, 5) is 4.98. The Morgan fingerprint density at radius 3 is 2.59 bits per heavy atom. The van der Waals surface area contributed by atoms with Crippen LogP contribution in [0.4, 0.5) is 0 Å². The fourth-order valence-corrected chi connectivity index (χ4v) is 3.76. The summed E-state index contributed by atoms with van der Waals surface area (Å²) in [6.07, 6.45) is 11.5. The highest BCUT2D eigenvalue weighted by Crippen LogP contribution is 2.26. The third kappa shape index (κ3) is 4.78. The van der Waals surface area contributed by atoms with Gasteiger partial charge in [-0.15, -0.1) is 5.10 Å². The number of aryl methyl sites for hydroxylation is 1. The molecular formula is C17H31N5. The molecule has 0 amide bonds. The van der Waals surface area contributed by atoms with E-state index in [9.17, 15) is 0 Å². The lowest BCUT2D eigenvalue weighted by Gasteiger charge is -2.32. The standard InChI is InChI=1S/C17H31N5/c1-20-10-12-21(13-11-20)8-5-9-22-15-17(18-19-22)14-16-6-3-2-4-7-16/h15-16H,2-14H2,1H3. The molecule has 2 aliphatic rings. The van der Waals surface area contributed by atoms with E-state index in [1.54, 1.807) is 0 Å². The number of hydrogen-bond acceptors (Lipinski definition) is 4. The Morgan fingerprint density at radius 2 is 1.82 bits per heavy atom. The summed E-state index contributed by atoms with van der Waals surface area (Å²) in [6.45, 7) is 7.01. The molecule has 0 radical (unpaired) electrons. The highest BCUT2D eigenvalue weighted by Gasteiger charge is 2.16. The van der Waals surface area contributed by atoms with E-state index in [-0.39, 0.29) is 0 Å². The molecule has 5 heteroatoms. The maximum absolute atomic E-state index is 4.38. The van der Waals surface area contributed by atoms with Crippen molar-refractivity contribution in [2.45, 2.75) is 51.5 Å². The van der Waals surface area contributed by atoms with E-state index in [2.05, 4.69) is 33.4 Å². The number of rotatable bonds is 6. The molecular weight excluding hydrogens is 274 g/mol. The number of likely N-dealkylation sites (N-methyl/N-ethyl adjacent to an activating group) is 1. The Morgan fingerprint density at radius 1 is 1.05 bits per heavy atom. The van der Waals surface area contributed by atoms with Gasteiger partial charge in [0.15, 0.2) is 0 Å². The predicted molar refractivity (Wildman–Crippen MR) is 88.9 cm³/mol. The Bertz CT molecular complexity index is 430. The van der Waals surface area contributed by atoms with Gasteiger partial charge in [0, 0.05) is 45.5 Å². The zero-order valence-corrected chi connectivity index (χ0v) is 14.1. The van der Waals surface area contributed by atoms with Crippen LogP contribution >= 0.6 is 0 Å². The molecule has 0 bridgehead atoms. The second kappa shape index (κ2) is 8.06. The summed E-state index contributed by atoms with van der Waals surface area (Å²) in [6, 6.07) is 0. The maximum Gasteiger partial charge on any atom is 0.0829 e. The Labute approximate surface area is 134 Å². The molecule has 2 fully saturated rings. The number of nitrogens with zero attached hydrogens (tertiary/aromatic N) is 5. The molecule has 1 aliphatic carbocycles. The van der Waals surface area contributed by atoms with Crippen LogP contribution < -0.4 is 0 Å². The van der Waals surface area contributed by atoms with Crippen LogP contribution in [0.15, 0.2) is 6.20 Å². The first-order chi connectivity index (χ1) is 10.8. The van der Waals surface area contributed by atoms with Crippen molar-refractivity contribution in [3.05, 3.63) is 11.9 Å². The summed E-state index contributed by atoms with van der Waals surface area (Å²) in [7, 11) is 2.21. The first-order valence-electron chi connectivity index (χ1n) is 9.09. The smallest absolute Gasteiger partial charge is 0.0829 e. The van der Waals surface area contributed by atoms with Crippen LogP contribution in [0, 0.1) is 5.92 Å². The highest BCUT2D eigenvalue weighted by molar-refractivity contribution is 4.94. The number of hydrogen-bond donors (Lipinski definition) is 0. The van der Waals surface area contributed by atoms with Crippen LogP contribution in [0.3, 0.4) is 0 Å². The molecule has 0 spiro atoms. The van der Waals surface area contributed by atoms with E-state index in [4.69, 9.17) is 0 Å². The van der Waals surface area contributed by atoms with Gasteiger partial charge in [-0.3, -0.25) is 4.68 Å². The molecule has 5 nitrogen and oxygen atoms in total. The fraction of sp³-hybridized carbons (Fsp3) is 0.882. The van der Waals surface area contributed by atoms with Gasteiger partial charge in [0.2, 0.25) is 0 Å². The van der Waals surface area contributed by atoms with Crippen molar-refractivity contribution in [2.24, 2.45) is 5.92 Å². The van der Waals surface area contributed by atoms with Gasteiger partial charge in [-0.05, 0) is 25.8 Å². The molecule has 124 valence electrons. The number of aromatic nitrogens is 3. The van der Waals surface area contributed by atoms with Gasteiger partial charge in [0.1, 0.15) is 0 Å². The summed E-state index contributed by atoms with van der Waals surface area (Å²) in [5.74, 6) is 0.851. The SMILES string of the molecule is CN1CCN(CCCn2cc(CC3CCCCC3)nn2)CC1. The first-order valence-corrected chi connectivity index (χ1v) is 9.09. The minimum Gasteiger partial charge on any atom is -0.304 e. The van der Waals surface area contributed by atoms with E-state index in [0.29, 0.717) is 0 Å². The molecule has 1 saturated carbocycles. The minimum absolute atomic E-state index is 0.851. The zero-order valence-electron chi connectivity index (χ0n) is 14.1. The van der Waals surface area contributed by atoms with E-state index >= 15 is 0 Å².